The van der Waals surface area contributed by atoms with Crippen molar-refractivity contribution in [1.82, 2.24) is 0 Å². The third kappa shape index (κ3) is 3.05. The van der Waals surface area contributed by atoms with Crippen LogP contribution in [0.15, 0.2) is 11.5 Å². The Bertz CT molecular complexity index is 157. The van der Waals surface area contributed by atoms with E-state index in [1.807, 2.05) is 0 Å². The zero-order chi connectivity index (χ0) is 8.81. The third-order valence-electron chi connectivity index (χ3n) is 2.04. The Hall–Kier alpha value is 0.420. The van der Waals surface area contributed by atoms with Crippen LogP contribution in [0.2, 0.25) is 0 Å². The third-order valence-corrected chi connectivity index (χ3v) is 2.79. The van der Waals surface area contributed by atoms with Gasteiger partial charge in [0.15, 0.2) is 0 Å². The first-order valence-corrected chi connectivity index (χ1v) is 7.38. The lowest BCUT2D eigenvalue weighted by molar-refractivity contribution is 0.161. The van der Waals surface area contributed by atoms with Gasteiger partial charge < -0.3 is 8.92 Å². The highest BCUT2D eigenvalue weighted by atomic mass is 127. The molecule has 0 aromatic heterocycles. The van der Waals surface area contributed by atoms with Crippen molar-refractivity contribution in [3.8, 4) is 0 Å². The van der Waals surface area contributed by atoms with Crippen LogP contribution in [-0.4, -0.2) is 7.11 Å². The van der Waals surface area contributed by atoms with Gasteiger partial charge in [0.2, 0.25) is 0 Å². The molecule has 12 heavy (non-hydrogen) atoms. The van der Waals surface area contributed by atoms with Gasteiger partial charge in [-0.15, -0.1) is 0 Å². The summed E-state index contributed by atoms with van der Waals surface area (Å²) in [6.07, 6.45) is 6.17. The number of hydrogen-bond donors (Lipinski definition) is 0. The highest BCUT2D eigenvalue weighted by Crippen LogP contribution is 2.29. The number of halogens is 1. The van der Waals surface area contributed by atoms with E-state index in [-0.39, 0.29) is 0 Å². The van der Waals surface area contributed by atoms with Gasteiger partial charge in [-0.3, -0.25) is 0 Å². The highest BCUT2D eigenvalue weighted by Gasteiger charge is 2.13. The fourth-order valence-electron chi connectivity index (χ4n) is 1.45. The summed E-state index contributed by atoms with van der Waals surface area (Å²) in [4.78, 5) is 0. The minimum Gasteiger partial charge on any atom is -0.468 e. The van der Waals surface area contributed by atoms with E-state index >= 15 is 0 Å². The van der Waals surface area contributed by atoms with Gasteiger partial charge in [0, 0.05) is 26.8 Å². The topological polar surface area (TPSA) is 18.5 Å². The Morgan fingerprint density at radius 1 is 1.33 bits per heavy atom. The molecule has 1 fully saturated rings. The van der Waals surface area contributed by atoms with Gasteiger partial charge in [0.25, 0.3) is 5.95 Å². The van der Waals surface area contributed by atoms with E-state index in [4.69, 9.17) is 8.92 Å². The van der Waals surface area contributed by atoms with Crippen molar-refractivity contribution in [3.05, 3.63) is 11.5 Å². The summed E-state index contributed by atoms with van der Waals surface area (Å²) in [5, 5.41) is 0. The molecule has 0 heterocycles. The van der Waals surface area contributed by atoms with Crippen molar-refractivity contribution < 1.29 is 8.92 Å². The van der Waals surface area contributed by atoms with Crippen molar-refractivity contribution >= 4 is 30.4 Å². The molecular weight excluding hydrogens is 287 g/mol. The van der Waals surface area contributed by atoms with E-state index in [1.54, 1.807) is 7.11 Å². The zero-order valence-corrected chi connectivity index (χ0v) is 10.1. The van der Waals surface area contributed by atoms with E-state index in [0.29, 0.717) is 0 Å². The first-order chi connectivity index (χ1) is 5.88. The Morgan fingerprint density at radius 2 is 2.00 bits per heavy atom. The van der Waals surface area contributed by atoms with Crippen LogP contribution >= 0.6 is 30.4 Å². The van der Waals surface area contributed by atoms with Gasteiger partial charge in [-0.25, -0.2) is 0 Å². The second kappa shape index (κ2) is 5.96. The SMILES string of the molecule is COC(OSI)=C1CCCCC1. The van der Waals surface area contributed by atoms with Crippen molar-refractivity contribution in [3.63, 3.8) is 0 Å². The predicted molar refractivity (Wildman–Crippen MR) is 59.8 cm³/mol. The minimum atomic E-state index is 0.731. The van der Waals surface area contributed by atoms with Crippen molar-refractivity contribution in [2.45, 2.75) is 32.1 Å². The monoisotopic (exact) mass is 300 g/mol. The Kier molecular flexibility index (Phi) is 5.22. The standard InChI is InChI=1S/C8H13IO2S/c1-10-8(11-12-9)7-5-3-2-4-6-7/h2-6H2,1H3. The summed E-state index contributed by atoms with van der Waals surface area (Å²) >= 11 is 2.10. The highest BCUT2D eigenvalue weighted by molar-refractivity contribution is 14.2. The van der Waals surface area contributed by atoms with Crippen LogP contribution in [0.3, 0.4) is 0 Å². The molecule has 2 nitrogen and oxygen atoms in total. The van der Waals surface area contributed by atoms with Crippen LogP contribution in [0, 0.1) is 0 Å². The lowest BCUT2D eigenvalue weighted by atomic mass is 9.96. The van der Waals surface area contributed by atoms with Crippen molar-refractivity contribution in [2.75, 3.05) is 7.11 Å². The van der Waals surface area contributed by atoms with E-state index in [0.717, 1.165) is 18.8 Å². The molecule has 0 amide bonds. The normalized spacial score (nSPS) is 17.3. The molecule has 0 radical (unpaired) electrons. The van der Waals surface area contributed by atoms with Crippen molar-refractivity contribution in [2.24, 2.45) is 0 Å². The average Bonchev–Trinajstić information content (AvgIpc) is 2.15. The van der Waals surface area contributed by atoms with Gasteiger partial charge in [0.1, 0.15) is 9.21 Å². The largest absolute Gasteiger partial charge is 0.468 e. The molecule has 1 aliphatic rings. The molecule has 0 aromatic rings. The van der Waals surface area contributed by atoms with E-state index < -0.39 is 0 Å². The smallest absolute Gasteiger partial charge is 0.291 e. The predicted octanol–water partition coefficient (Wildman–Crippen LogP) is 3.82. The molecule has 0 saturated heterocycles. The fourth-order valence-corrected chi connectivity index (χ4v) is 2.18. The van der Waals surface area contributed by atoms with Crippen LogP contribution in [0.1, 0.15) is 32.1 Å². The first kappa shape index (κ1) is 10.5. The summed E-state index contributed by atoms with van der Waals surface area (Å²) in [7, 11) is 2.99. The maximum Gasteiger partial charge on any atom is 0.291 e. The summed E-state index contributed by atoms with van der Waals surface area (Å²) in [6, 6.07) is 0. The average molecular weight is 300 g/mol. The maximum absolute atomic E-state index is 5.29. The molecule has 0 atom stereocenters. The molecule has 0 aromatic carbocycles. The van der Waals surface area contributed by atoms with Gasteiger partial charge in [0.05, 0.1) is 7.11 Å². The zero-order valence-electron chi connectivity index (χ0n) is 7.14. The summed E-state index contributed by atoms with van der Waals surface area (Å²) in [5.41, 5.74) is 1.34. The summed E-state index contributed by atoms with van der Waals surface area (Å²) < 4.78 is 10.5. The van der Waals surface area contributed by atoms with E-state index in [2.05, 4.69) is 21.2 Å². The second-order valence-corrected chi connectivity index (χ2v) is 4.17. The Balaban J connectivity index is 2.55. The van der Waals surface area contributed by atoms with Gasteiger partial charge in [-0.2, -0.15) is 0 Å². The molecular formula is C8H13IO2S. The minimum absolute atomic E-state index is 0.731. The fraction of sp³-hybridized carbons (Fsp3) is 0.750. The summed E-state index contributed by atoms with van der Waals surface area (Å²) in [6.45, 7) is 0. The molecule has 1 aliphatic carbocycles. The van der Waals surface area contributed by atoms with Crippen molar-refractivity contribution in [1.29, 1.82) is 0 Å². The van der Waals surface area contributed by atoms with Crippen LogP contribution in [0.5, 0.6) is 0 Å². The Morgan fingerprint density at radius 3 is 2.50 bits per heavy atom. The number of hydrogen-bond acceptors (Lipinski definition) is 3. The van der Waals surface area contributed by atoms with Gasteiger partial charge in [-0.05, 0) is 25.7 Å². The molecule has 70 valence electrons. The van der Waals surface area contributed by atoms with E-state index in [1.165, 1.54) is 34.0 Å². The number of rotatable bonds is 3. The van der Waals surface area contributed by atoms with Crippen LogP contribution in [0.4, 0.5) is 0 Å². The molecule has 1 saturated carbocycles. The molecule has 0 aliphatic heterocycles. The first-order valence-electron chi connectivity index (χ1n) is 4.09. The summed E-state index contributed by atoms with van der Waals surface area (Å²) in [5.74, 6) is 0.731. The molecule has 0 N–H and O–H groups in total. The van der Waals surface area contributed by atoms with E-state index in [9.17, 15) is 0 Å². The van der Waals surface area contributed by atoms with Crippen LogP contribution in [-0.2, 0) is 8.92 Å². The number of allylic oxidation sites excluding steroid dienone is 1. The molecule has 0 unspecified atom stereocenters. The maximum atomic E-state index is 5.29. The van der Waals surface area contributed by atoms with Gasteiger partial charge in [-0.1, -0.05) is 6.42 Å². The lowest BCUT2D eigenvalue weighted by Gasteiger charge is -2.16. The number of ether oxygens (including phenoxy) is 1. The van der Waals surface area contributed by atoms with Crippen LogP contribution in [0.25, 0.3) is 0 Å². The Labute approximate surface area is 89.9 Å². The second-order valence-electron chi connectivity index (χ2n) is 2.80. The van der Waals surface area contributed by atoms with Gasteiger partial charge >= 0.3 is 0 Å². The quantitative estimate of drug-likeness (QED) is 0.448. The molecule has 0 spiro atoms. The van der Waals surface area contributed by atoms with Crippen LogP contribution < -0.4 is 0 Å². The molecule has 1 rings (SSSR count). The number of methoxy groups -OCH3 is 1. The molecule has 4 heteroatoms. The lowest BCUT2D eigenvalue weighted by Crippen LogP contribution is -2.00. The molecule has 0 bridgehead atoms.